The van der Waals surface area contributed by atoms with Gasteiger partial charge in [-0.1, -0.05) is 43.5 Å². The Balaban J connectivity index is 2.65. The van der Waals surface area contributed by atoms with Gasteiger partial charge in [0.2, 0.25) is 11.8 Å². The van der Waals surface area contributed by atoms with Gasteiger partial charge in [-0.25, -0.2) is 4.79 Å². The number of hydrogen-bond donors (Lipinski definition) is 1. The highest BCUT2D eigenvalue weighted by Gasteiger charge is 2.22. The monoisotopic (exact) mass is 352 g/mol. The van der Waals surface area contributed by atoms with Crippen molar-refractivity contribution in [3.05, 3.63) is 16.0 Å². The van der Waals surface area contributed by atoms with Crippen LogP contribution in [0.15, 0.2) is 0 Å². The molecule has 1 unspecified atom stereocenters. The highest BCUT2D eigenvalue weighted by atomic mass is 35.5. The molecule has 0 aliphatic rings. The molecule has 0 aliphatic carbocycles. The zero-order chi connectivity index (χ0) is 16.9. The Bertz CT molecular complexity index is 543. The molecule has 2 atom stereocenters. The van der Waals surface area contributed by atoms with Crippen molar-refractivity contribution in [1.82, 2.24) is 4.98 Å². The van der Waals surface area contributed by atoms with Crippen LogP contribution >= 0.6 is 23.2 Å². The topological polar surface area (TPSA) is 74.4 Å². The van der Waals surface area contributed by atoms with E-state index in [1.165, 1.54) is 6.92 Å². The summed E-state index contributed by atoms with van der Waals surface area (Å²) in [6.07, 6.45) is 0.769. The molecule has 0 fully saturated rings. The van der Waals surface area contributed by atoms with E-state index in [0.717, 1.165) is 12.8 Å². The molecule has 0 spiro atoms. The minimum Gasteiger partial charge on any atom is -0.463 e. The Morgan fingerprint density at radius 3 is 2.59 bits per heavy atom. The summed E-state index contributed by atoms with van der Waals surface area (Å²) in [5.41, 5.74) is 5.33. The maximum absolute atomic E-state index is 13.4. The van der Waals surface area contributed by atoms with Gasteiger partial charge in [-0.05, 0) is 19.3 Å². The average Bonchev–Trinajstić information content (AvgIpc) is 2.49. The first kappa shape index (κ1) is 18.8. The van der Waals surface area contributed by atoms with Crippen molar-refractivity contribution < 1.29 is 18.7 Å². The quantitative estimate of drug-likeness (QED) is 0.595. The molecule has 1 aromatic heterocycles. The molecule has 22 heavy (non-hydrogen) atoms. The summed E-state index contributed by atoms with van der Waals surface area (Å²) in [7, 11) is 0. The van der Waals surface area contributed by atoms with E-state index in [-0.39, 0.29) is 21.6 Å². The van der Waals surface area contributed by atoms with Crippen LogP contribution in [-0.4, -0.2) is 23.7 Å². The number of hydrogen-bond acceptors (Lipinski definition) is 5. The zero-order valence-corrected chi connectivity index (χ0v) is 14.2. The van der Waals surface area contributed by atoms with E-state index >= 15 is 0 Å². The van der Waals surface area contributed by atoms with E-state index in [0.29, 0.717) is 12.5 Å². The molecule has 5 nitrogen and oxygen atoms in total. The van der Waals surface area contributed by atoms with E-state index in [9.17, 15) is 9.18 Å². The van der Waals surface area contributed by atoms with Crippen molar-refractivity contribution in [3.8, 4) is 5.88 Å². The lowest BCUT2D eigenvalue weighted by atomic mass is 10.1. The molecular formula is C14H19Cl2FN2O3. The van der Waals surface area contributed by atoms with Crippen molar-refractivity contribution in [2.24, 2.45) is 5.92 Å². The number of aromatic nitrogens is 1. The van der Waals surface area contributed by atoms with E-state index in [1.54, 1.807) is 0 Å². The van der Waals surface area contributed by atoms with Crippen LogP contribution in [0.2, 0.25) is 10.0 Å². The number of anilines is 1. The van der Waals surface area contributed by atoms with E-state index in [1.807, 2.05) is 0 Å². The van der Waals surface area contributed by atoms with Crippen molar-refractivity contribution in [2.45, 2.75) is 39.7 Å². The predicted molar refractivity (Wildman–Crippen MR) is 83.7 cm³/mol. The van der Waals surface area contributed by atoms with Crippen LogP contribution in [0.1, 0.15) is 33.6 Å². The minimum atomic E-state index is -1.02. The number of nitrogen functional groups attached to an aromatic ring is 1. The molecule has 1 rings (SSSR count). The maximum Gasteiger partial charge on any atom is 0.347 e. The molecule has 0 radical (unpaired) electrons. The number of rotatable bonds is 7. The number of ether oxygens (including phenoxy) is 2. The third-order valence-corrected chi connectivity index (χ3v) is 3.94. The molecule has 1 heterocycles. The van der Waals surface area contributed by atoms with Crippen molar-refractivity contribution >= 4 is 34.9 Å². The van der Waals surface area contributed by atoms with Crippen LogP contribution in [0.3, 0.4) is 0 Å². The largest absolute Gasteiger partial charge is 0.463 e. The molecule has 1 aromatic rings. The first-order valence-corrected chi connectivity index (χ1v) is 7.66. The van der Waals surface area contributed by atoms with Gasteiger partial charge in [0.15, 0.2) is 6.10 Å². The van der Waals surface area contributed by atoms with Gasteiger partial charge in [-0.3, -0.25) is 0 Å². The van der Waals surface area contributed by atoms with Crippen LogP contribution < -0.4 is 10.5 Å². The summed E-state index contributed by atoms with van der Waals surface area (Å²) in [6, 6.07) is 0. The summed E-state index contributed by atoms with van der Waals surface area (Å²) in [5.74, 6) is -1.44. The number of halogens is 3. The second kappa shape index (κ2) is 8.39. The smallest absolute Gasteiger partial charge is 0.347 e. The summed E-state index contributed by atoms with van der Waals surface area (Å²) in [5, 5.41) is -0.535. The molecule has 0 saturated heterocycles. The highest BCUT2D eigenvalue weighted by Crippen LogP contribution is 2.35. The van der Waals surface area contributed by atoms with Gasteiger partial charge in [0.05, 0.1) is 12.3 Å². The number of carbonyl (C=O) groups is 1. The van der Waals surface area contributed by atoms with Crippen LogP contribution in [0.25, 0.3) is 0 Å². The summed E-state index contributed by atoms with van der Waals surface area (Å²) < 4.78 is 23.7. The molecule has 0 aromatic carbocycles. The highest BCUT2D eigenvalue weighted by molar-refractivity contribution is 6.39. The van der Waals surface area contributed by atoms with Gasteiger partial charge >= 0.3 is 5.97 Å². The van der Waals surface area contributed by atoms with Crippen LogP contribution in [0, 0.1) is 11.9 Å². The summed E-state index contributed by atoms with van der Waals surface area (Å²) in [4.78, 5) is 15.2. The van der Waals surface area contributed by atoms with Gasteiger partial charge in [-0.15, -0.1) is 0 Å². The van der Waals surface area contributed by atoms with Crippen molar-refractivity contribution in [3.63, 3.8) is 0 Å². The van der Waals surface area contributed by atoms with Gasteiger partial charge in [0.1, 0.15) is 10.0 Å². The van der Waals surface area contributed by atoms with Gasteiger partial charge in [0.25, 0.3) is 0 Å². The van der Waals surface area contributed by atoms with Crippen molar-refractivity contribution in [1.29, 1.82) is 0 Å². The molecule has 0 amide bonds. The SMILES string of the molecule is CCC(C)CCOC(=O)[C@@H](C)Oc1nc(F)c(Cl)c(N)c1Cl. The molecule has 2 N–H and O–H groups in total. The molecule has 0 saturated carbocycles. The predicted octanol–water partition coefficient (Wildman–Crippen LogP) is 3.86. The fraction of sp³-hybridized carbons (Fsp3) is 0.571. The number of esters is 1. The fourth-order valence-electron chi connectivity index (χ4n) is 1.49. The van der Waals surface area contributed by atoms with Gasteiger partial charge < -0.3 is 15.2 Å². The average molecular weight is 353 g/mol. The van der Waals surface area contributed by atoms with E-state index in [4.69, 9.17) is 38.4 Å². The Morgan fingerprint density at radius 1 is 1.36 bits per heavy atom. The van der Waals surface area contributed by atoms with Crippen LogP contribution in [0.4, 0.5) is 10.1 Å². The first-order chi connectivity index (χ1) is 10.3. The summed E-state index contributed by atoms with van der Waals surface area (Å²) in [6.45, 7) is 5.87. The standard InChI is InChI=1S/C14H19Cl2FN2O3/c1-4-7(2)5-6-21-14(20)8(3)22-13-10(16)11(18)9(15)12(17)19-13/h7-8H,4-6H2,1-3H3,(H2,18,19)/t7?,8-/m1/s1. The Hall–Kier alpha value is -1.27. The Morgan fingerprint density at radius 2 is 2.00 bits per heavy atom. The number of nitrogens with two attached hydrogens (primary N) is 1. The van der Waals surface area contributed by atoms with Crippen LogP contribution in [0.5, 0.6) is 5.88 Å². The summed E-state index contributed by atoms with van der Waals surface area (Å²) >= 11 is 11.4. The van der Waals surface area contributed by atoms with E-state index in [2.05, 4.69) is 18.8 Å². The normalized spacial score (nSPS) is 13.5. The third kappa shape index (κ3) is 4.88. The zero-order valence-electron chi connectivity index (χ0n) is 12.7. The van der Waals surface area contributed by atoms with Gasteiger partial charge in [0, 0.05) is 0 Å². The Labute approximate surface area is 138 Å². The lowest BCUT2D eigenvalue weighted by Crippen LogP contribution is -2.27. The fourth-order valence-corrected chi connectivity index (χ4v) is 1.85. The lowest BCUT2D eigenvalue weighted by molar-refractivity contribution is -0.151. The molecule has 0 bridgehead atoms. The maximum atomic E-state index is 13.4. The van der Waals surface area contributed by atoms with Crippen molar-refractivity contribution in [2.75, 3.05) is 12.3 Å². The minimum absolute atomic E-state index is 0.148. The second-order valence-electron chi connectivity index (χ2n) is 4.98. The van der Waals surface area contributed by atoms with Gasteiger partial charge in [-0.2, -0.15) is 9.37 Å². The van der Waals surface area contributed by atoms with E-state index < -0.39 is 18.0 Å². The number of carbonyl (C=O) groups excluding carboxylic acids is 1. The molecular weight excluding hydrogens is 334 g/mol. The first-order valence-electron chi connectivity index (χ1n) is 6.91. The lowest BCUT2D eigenvalue weighted by Gasteiger charge is -2.16. The number of pyridine rings is 1. The number of nitrogens with zero attached hydrogens (tertiary/aromatic N) is 1. The molecule has 8 heteroatoms. The third-order valence-electron chi connectivity index (χ3n) is 3.21. The Kier molecular flexibility index (Phi) is 7.16. The van der Waals surface area contributed by atoms with Crippen LogP contribution in [-0.2, 0) is 9.53 Å². The molecule has 124 valence electrons. The molecule has 0 aliphatic heterocycles. The second-order valence-corrected chi connectivity index (χ2v) is 5.74.